The van der Waals surface area contributed by atoms with E-state index in [0.717, 1.165) is 55.8 Å². The number of furan rings is 1. The molecule has 0 N–H and O–H groups in total. The predicted octanol–water partition coefficient (Wildman–Crippen LogP) is 16.2. The topological polar surface area (TPSA) is 21.3 Å². The van der Waals surface area contributed by atoms with Gasteiger partial charge >= 0.3 is 0 Å². The SMILES string of the molecule is c1ccc(C2(c3ccccc3)c3ccccc3-c3cc(N(c4ccc(-n5c6ccccc6c6ccccc65)cc4)c4cccc(-c5ccc6oc7ccccc7c6c5)c4)ccc32)cc1. The van der Waals surface area contributed by atoms with Crippen molar-refractivity contribution in [1.82, 2.24) is 4.57 Å². The summed E-state index contributed by atoms with van der Waals surface area (Å²) < 4.78 is 8.61. The molecule has 0 spiro atoms. The summed E-state index contributed by atoms with van der Waals surface area (Å²) in [5.74, 6) is 0. The van der Waals surface area contributed by atoms with Crippen LogP contribution in [0, 0.1) is 0 Å². The highest BCUT2D eigenvalue weighted by molar-refractivity contribution is 6.09. The molecule has 13 rings (SSSR count). The summed E-state index contributed by atoms with van der Waals surface area (Å²) in [6.45, 7) is 0. The van der Waals surface area contributed by atoms with Crippen LogP contribution in [0.5, 0.6) is 0 Å². The predicted molar refractivity (Wildman–Crippen MR) is 265 cm³/mol. The summed E-state index contributed by atoms with van der Waals surface area (Å²) in [5, 5.41) is 4.75. The molecular formula is C61H40N2O. The highest BCUT2D eigenvalue weighted by Crippen LogP contribution is 2.57. The van der Waals surface area contributed by atoms with E-state index < -0.39 is 5.41 Å². The van der Waals surface area contributed by atoms with Gasteiger partial charge in [0, 0.05) is 44.3 Å². The van der Waals surface area contributed by atoms with Gasteiger partial charge in [-0.1, -0.05) is 164 Å². The largest absolute Gasteiger partial charge is 0.456 e. The monoisotopic (exact) mass is 816 g/mol. The van der Waals surface area contributed by atoms with Crippen molar-refractivity contribution in [3.05, 3.63) is 265 Å². The molecule has 0 radical (unpaired) electrons. The summed E-state index contributed by atoms with van der Waals surface area (Å²) in [6.07, 6.45) is 0. The Kier molecular flexibility index (Phi) is 8.13. The van der Waals surface area contributed by atoms with E-state index in [1.54, 1.807) is 0 Å². The van der Waals surface area contributed by atoms with Crippen molar-refractivity contribution in [2.24, 2.45) is 0 Å². The molecule has 3 nitrogen and oxygen atoms in total. The molecule has 12 aromatic rings. The zero-order valence-electron chi connectivity index (χ0n) is 34.9. The van der Waals surface area contributed by atoms with Gasteiger partial charge in [0.05, 0.1) is 16.4 Å². The molecule has 0 amide bonds. The molecule has 1 aliphatic rings. The average Bonchev–Trinajstić information content (AvgIpc) is 4.01. The van der Waals surface area contributed by atoms with Gasteiger partial charge in [-0.2, -0.15) is 0 Å². The molecule has 300 valence electrons. The number of hydrogen-bond donors (Lipinski definition) is 0. The lowest BCUT2D eigenvalue weighted by molar-refractivity contribution is 0.669. The fourth-order valence-corrected chi connectivity index (χ4v) is 10.7. The Hall–Kier alpha value is -8.40. The van der Waals surface area contributed by atoms with Crippen LogP contribution in [0.1, 0.15) is 22.3 Å². The Bertz CT molecular complexity index is 3640. The summed E-state index contributed by atoms with van der Waals surface area (Å²) >= 11 is 0. The van der Waals surface area contributed by atoms with Gasteiger partial charge in [-0.15, -0.1) is 0 Å². The highest BCUT2D eigenvalue weighted by atomic mass is 16.3. The van der Waals surface area contributed by atoms with Crippen molar-refractivity contribution in [2.45, 2.75) is 5.41 Å². The first-order chi connectivity index (χ1) is 31.7. The molecule has 0 unspecified atom stereocenters. The number of hydrogen-bond acceptors (Lipinski definition) is 2. The van der Waals surface area contributed by atoms with Gasteiger partial charge < -0.3 is 13.9 Å². The van der Waals surface area contributed by atoms with Crippen LogP contribution in [0.4, 0.5) is 17.1 Å². The molecule has 0 atom stereocenters. The van der Waals surface area contributed by atoms with E-state index in [0.29, 0.717) is 0 Å². The lowest BCUT2D eigenvalue weighted by Gasteiger charge is -2.34. The van der Waals surface area contributed by atoms with Gasteiger partial charge in [0.2, 0.25) is 0 Å². The molecule has 0 fully saturated rings. The molecule has 0 saturated heterocycles. The van der Waals surface area contributed by atoms with Crippen LogP contribution in [-0.2, 0) is 5.41 Å². The summed E-state index contributed by atoms with van der Waals surface area (Å²) in [7, 11) is 0. The fourth-order valence-electron chi connectivity index (χ4n) is 10.7. The van der Waals surface area contributed by atoms with Crippen LogP contribution in [0.2, 0.25) is 0 Å². The maximum absolute atomic E-state index is 6.23. The third-order valence-corrected chi connectivity index (χ3v) is 13.5. The smallest absolute Gasteiger partial charge is 0.135 e. The standard InChI is InChI=1S/C61H40N2O/c1-3-17-43(18-4-1)61(44-19-5-2-6-20-44)55-26-11-7-22-49(55)53-40-48(35-36-56(53)61)62(45-31-33-46(34-32-45)63-57-27-12-8-23-50(57)51-24-9-13-28-58(51)63)47-21-15-16-41(38-47)42-30-37-60-54(39-42)52-25-10-14-29-59(52)64-60/h1-40H. The molecule has 3 heteroatoms. The van der Waals surface area contributed by atoms with E-state index >= 15 is 0 Å². The third kappa shape index (κ3) is 5.41. The van der Waals surface area contributed by atoms with Crippen LogP contribution in [0.3, 0.4) is 0 Å². The quantitative estimate of drug-likeness (QED) is 0.160. The second-order valence-electron chi connectivity index (χ2n) is 16.8. The number of anilines is 3. The van der Waals surface area contributed by atoms with Gasteiger partial charge in [0.25, 0.3) is 0 Å². The van der Waals surface area contributed by atoms with Gasteiger partial charge in [-0.05, 0) is 123 Å². The van der Waals surface area contributed by atoms with Gasteiger partial charge in [0.1, 0.15) is 11.2 Å². The normalized spacial score (nSPS) is 12.8. The maximum Gasteiger partial charge on any atom is 0.135 e. The molecule has 0 saturated carbocycles. The van der Waals surface area contributed by atoms with Crippen LogP contribution in [-0.4, -0.2) is 4.57 Å². The van der Waals surface area contributed by atoms with Crippen molar-refractivity contribution in [3.8, 4) is 27.9 Å². The van der Waals surface area contributed by atoms with Crippen molar-refractivity contribution in [1.29, 1.82) is 0 Å². The van der Waals surface area contributed by atoms with Crippen LogP contribution in [0.15, 0.2) is 247 Å². The lowest BCUT2D eigenvalue weighted by Crippen LogP contribution is -2.28. The van der Waals surface area contributed by atoms with E-state index in [2.05, 4.69) is 240 Å². The van der Waals surface area contributed by atoms with Crippen LogP contribution >= 0.6 is 0 Å². The maximum atomic E-state index is 6.23. The molecule has 1 aliphatic carbocycles. The van der Waals surface area contributed by atoms with Crippen molar-refractivity contribution in [3.63, 3.8) is 0 Å². The summed E-state index contributed by atoms with van der Waals surface area (Å²) in [4.78, 5) is 2.42. The number of para-hydroxylation sites is 3. The molecule has 0 bridgehead atoms. The van der Waals surface area contributed by atoms with Crippen molar-refractivity contribution < 1.29 is 4.42 Å². The minimum absolute atomic E-state index is 0.475. The number of nitrogens with zero attached hydrogens (tertiary/aromatic N) is 2. The first kappa shape index (κ1) is 36.3. The number of fused-ring (bicyclic) bond motifs is 9. The second-order valence-corrected chi connectivity index (χ2v) is 16.8. The van der Waals surface area contributed by atoms with E-state index in [1.807, 2.05) is 12.1 Å². The Labute approximate surface area is 371 Å². The minimum Gasteiger partial charge on any atom is -0.456 e. The molecule has 2 aromatic heterocycles. The molecule has 10 aromatic carbocycles. The number of benzene rings is 10. The average molecular weight is 817 g/mol. The van der Waals surface area contributed by atoms with Crippen molar-refractivity contribution in [2.75, 3.05) is 4.90 Å². The first-order valence-corrected chi connectivity index (χ1v) is 22.0. The lowest BCUT2D eigenvalue weighted by atomic mass is 9.68. The Morgan fingerprint density at radius 1 is 0.344 bits per heavy atom. The van der Waals surface area contributed by atoms with Crippen LogP contribution in [0.25, 0.3) is 71.7 Å². The van der Waals surface area contributed by atoms with E-state index in [9.17, 15) is 0 Å². The minimum atomic E-state index is -0.475. The number of aromatic nitrogens is 1. The molecular weight excluding hydrogens is 777 g/mol. The summed E-state index contributed by atoms with van der Waals surface area (Å²) in [6, 6.07) is 88.4. The molecule has 64 heavy (non-hydrogen) atoms. The zero-order valence-corrected chi connectivity index (χ0v) is 34.9. The van der Waals surface area contributed by atoms with Crippen LogP contribution < -0.4 is 4.90 Å². The second kappa shape index (κ2) is 14.3. The van der Waals surface area contributed by atoms with E-state index in [1.165, 1.54) is 55.2 Å². The molecule has 0 aliphatic heterocycles. The number of rotatable bonds is 7. The van der Waals surface area contributed by atoms with E-state index in [4.69, 9.17) is 4.42 Å². The van der Waals surface area contributed by atoms with Crippen molar-refractivity contribution >= 4 is 60.8 Å². The van der Waals surface area contributed by atoms with Gasteiger partial charge in [-0.25, -0.2) is 0 Å². The zero-order chi connectivity index (χ0) is 42.2. The molecule has 2 heterocycles. The summed E-state index contributed by atoms with van der Waals surface area (Å²) in [5.41, 5.74) is 17.9. The first-order valence-electron chi connectivity index (χ1n) is 22.0. The Morgan fingerprint density at radius 2 is 0.906 bits per heavy atom. The highest BCUT2D eigenvalue weighted by Gasteiger charge is 2.46. The fraction of sp³-hybridized carbons (Fsp3) is 0.0164. The van der Waals surface area contributed by atoms with Gasteiger partial charge in [0.15, 0.2) is 0 Å². The Balaban J connectivity index is 1.01. The third-order valence-electron chi connectivity index (χ3n) is 13.5. The van der Waals surface area contributed by atoms with E-state index in [-0.39, 0.29) is 0 Å². The van der Waals surface area contributed by atoms with Gasteiger partial charge in [-0.3, -0.25) is 0 Å². The Morgan fingerprint density at radius 3 is 1.64 bits per heavy atom.